The van der Waals surface area contributed by atoms with Gasteiger partial charge in [0.2, 0.25) is 0 Å². The highest BCUT2D eigenvalue weighted by molar-refractivity contribution is 7.16. The first-order valence-corrected chi connectivity index (χ1v) is 7.62. The van der Waals surface area contributed by atoms with Crippen molar-refractivity contribution in [1.29, 1.82) is 0 Å². The van der Waals surface area contributed by atoms with Crippen LogP contribution in [0.25, 0.3) is 0 Å². The van der Waals surface area contributed by atoms with Crippen molar-refractivity contribution in [2.24, 2.45) is 11.7 Å². The van der Waals surface area contributed by atoms with Crippen LogP contribution in [0.2, 0.25) is 4.34 Å². The fraction of sp³-hybridized carbons (Fsp3) is 0.692. The Kier molecular flexibility index (Phi) is 5.45. The minimum Gasteiger partial charge on any atom is -0.384 e. The van der Waals surface area contributed by atoms with Gasteiger partial charge in [0.05, 0.1) is 10.4 Å². The highest BCUT2D eigenvalue weighted by Crippen LogP contribution is 2.32. The molecular formula is C13H21ClN2OS. The second-order valence-electron chi connectivity index (χ2n) is 4.83. The van der Waals surface area contributed by atoms with E-state index in [1.807, 2.05) is 6.07 Å². The van der Waals surface area contributed by atoms with Gasteiger partial charge in [-0.05, 0) is 44.0 Å². The minimum atomic E-state index is 0.325. The number of hydrogen-bond acceptors (Lipinski definition) is 4. The molecule has 0 bridgehead atoms. The normalized spacial score (nSPS) is 20.2. The van der Waals surface area contributed by atoms with E-state index < -0.39 is 0 Å². The van der Waals surface area contributed by atoms with E-state index in [4.69, 9.17) is 22.1 Å². The molecule has 1 aliphatic rings. The number of methoxy groups -OCH3 is 1. The number of halogens is 1. The van der Waals surface area contributed by atoms with E-state index >= 15 is 0 Å². The van der Waals surface area contributed by atoms with Crippen LogP contribution in [0.15, 0.2) is 12.1 Å². The maximum atomic E-state index is 6.01. The Labute approximate surface area is 118 Å². The van der Waals surface area contributed by atoms with Crippen LogP contribution in [0.3, 0.4) is 0 Å². The first-order valence-electron chi connectivity index (χ1n) is 6.43. The van der Waals surface area contributed by atoms with Crippen molar-refractivity contribution in [2.75, 3.05) is 33.4 Å². The number of piperidine rings is 1. The molecule has 2 rings (SSSR count). The molecule has 0 aromatic carbocycles. The zero-order valence-electron chi connectivity index (χ0n) is 10.8. The molecule has 0 saturated carbocycles. The molecule has 5 heteroatoms. The maximum Gasteiger partial charge on any atom is 0.0931 e. The summed E-state index contributed by atoms with van der Waals surface area (Å²) in [5, 5.41) is 0. The summed E-state index contributed by atoms with van der Waals surface area (Å²) in [5.74, 6) is 0.705. The molecule has 1 aromatic rings. The van der Waals surface area contributed by atoms with Gasteiger partial charge in [-0.1, -0.05) is 11.6 Å². The van der Waals surface area contributed by atoms with E-state index in [9.17, 15) is 0 Å². The first-order chi connectivity index (χ1) is 8.74. The van der Waals surface area contributed by atoms with Gasteiger partial charge in [0.15, 0.2) is 0 Å². The monoisotopic (exact) mass is 288 g/mol. The third-order valence-electron chi connectivity index (χ3n) is 3.64. The second kappa shape index (κ2) is 6.87. The molecule has 0 amide bonds. The molecule has 18 heavy (non-hydrogen) atoms. The van der Waals surface area contributed by atoms with Gasteiger partial charge in [0, 0.05) is 25.1 Å². The zero-order valence-corrected chi connectivity index (χ0v) is 12.3. The zero-order chi connectivity index (χ0) is 13.0. The Morgan fingerprint density at radius 3 is 2.72 bits per heavy atom. The average Bonchev–Trinajstić information content (AvgIpc) is 2.79. The summed E-state index contributed by atoms with van der Waals surface area (Å²) in [6.07, 6.45) is 2.40. The Morgan fingerprint density at radius 2 is 2.22 bits per heavy atom. The number of thiophene rings is 1. The van der Waals surface area contributed by atoms with Crippen molar-refractivity contribution < 1.29 is 4.74 Å². The van der Waals surface area contributed by atoms with Gasteiger partial charge in [-0.25, -0.2) is 0 Å². The van der Waals surface area contributed by atoms with Crippen LogP contribution < -0.4 is 5.73 Å². The van der Waals surface area contributed by atoms with E-state index in [1.165, 1.54) is 17.7 Å². The van der Waals surface area contributed by atoms with Crippen molar-refractivity contribution in [2.45, 2.75) is 18.9 Å². The number of likely N-dealkylation sites (tertiary alicyclic amines) is 1. The lowest BCUT2D eigenvalue weighted by molar-refractivity contribution is 0.0818. The fourth-order valence-corrected chi connectivity index (χ4v) is 3.83. The smallest absolute Gasteiger partial charge is 0.0931 e. The molecule has 1 aliphatic heterocycles. The maximum absolute atomic E-state index is 6.01. The van der Waals surface area contributed by atoms with E-state index in [-0.39, 0.29) is 0 Å². The van der Waals surface area contributed by atoms with Crippen molar-refractivity contribution in [1.82, 2.24) is 4.90 Å². The Bertz CT molecular complexity index is 364. The summed E-state index contributed by atoms with van der Waals surface area (Å²) in [6.45, 7) is 3.74. The van der Waals surface area contributed by atoms with Crippen molar-refractivity contribution in [3.8, 4) is 0 Å². The Morgan fingerprint density at radius 1 is 1.50 bits per heavy atom. The van der Waals surface area contributed by atoms with Crippen LogP contribution >= 0.6 is 22.9 Å². The third kappa shape index (κ3) is 3.45. The van der Waals surface area contributed by atoms with Gasteiger partial charge in [-0.3, -0.25) is 4.90 Å². The molecule has 1 fully saturated rings. The number of rotatable bonds is 5. The molecule has 0 spiro atoms. The molecule has 2 heterocycles. The molecule has 2 N–H and O–H groups in total. The summed E-state index contributed by atoms with van der Waals surface area (Å²) in [5.41, 5.74) is 5.94. The highest BCUT2D eigenvalue weighted by atomic mass is 35.5. The molecular weight excluding hydrogens is 268 g/mol. The average molecular weight is 289 g/mol. The Hall–Kier alpha value is -0.130. The van der Waals surface area contributed by atoms with E-state index in [2.05, 4.69) is 11.0 Å². The Balaban J connectivity index is 1.94. The van der Waals surface area contributed by atoms with Crippen LogP contribution in [-0.4, -0.2) is 38.3 Å². The summed E-state index contributed by atoms with van der Waals surface area (Å²) in [4.78, 5) is 3.77. The minimum absolute atomic E-state index is 0.325. The van der Waals surface area contributed by atoms with Gasteiger partial charge >= 0.3 is 0 Å². The fourth-order valence-electron chi connectivity index (χ4n) is 2.62. The van der Waals surface area contributed by atoms with Crippen molar-refractivity contribution in [3.05, 3.63) is 21.3 Å². The molecule has 0 radical (unpaired) electrons. The van der Waals surface area contributed by atoms with E-state index in [1.54, 1.807) is 18.4 Å². The van der Waals surface area contributed by atoms with Gasteiger partial charge in [-0.15, -0.1) is 11.3 Å². The molecule has 1 saturated heterocycles. The quantitative estimate of drug-likeness (QED) is 0.905. The van der Waals surface area contributed by atoms with E-state index in [0.29, 0.717) is 18.5 Å². The molecule has 1 aromatic heterocycles. The molecule has 102 valence electrons. The summed E-state index contributed by atoms with van der Waals surface area (Å²) >= 11 is 7.65. The molecule has 1 unspecified atom stereocenters. The van der Waals surface area contributed by atoms with E-state index in [0.717, 1.165) is 24.0 Å². The summed E-state index contributed by atoms with van der Waals surface area (Å²) < 4.78 is 6.08. The van der Waals surface area contributed by atoms with Gasteiger partial charge in [0.25, 0.3) is 0 Å². The van der Waals surface area contributed by atoms with Crippen LogP contribution in [0.5, 0.6) is 0 Å². The summed E-state index contributed by atoms with van der Waals surface area (Å²) in [6, 6.07) is 4.39. The van der Waals surface area contributed by atoms with Crippen molar-refractivity contribution in [3.63, 3.8) is 0 Å². The number of hydrogen-bond donors (Lipinski definition) is 1. The van der Waals surface area contributed by atoms with Crippen LogP contribution in [-0.2, 0) is 4.74 Å². The van der Waals surface area contributed by atoms with Crippen LogP contribution in [0.1, 0.15) is 23.8 Å². The predicted octanol–water partition coefficient (Wildman–Crippen LogP) is 2.76. The van der Waals surface area contributed by atoms with Gasteiger partial charge in [-0.2, -0.15) is 0 Å². The van der Waals surface area contributed by atoms with Gasteiger partial charge < -0.3 is 10.5 Å². The second-order valence-corrected chi connectivity index (χ2v) is 6.57. The summed E-state index contributed by atoms with van der Waals surface area (Å²) in [7, 11) is 1.78. The largest absolute Gasteiger partial charge is 0.384 e. The highest BCUT2D eigenvalue weighted by Gasteiger charge is 2.26. The number of nitrogens with zero attached hydrogens (tertiary/aromatic N) is 1. The lowest BCUT2D eigenvalue weighted by atomic mass is 9.96. The van der Waals surface area contributed by atoms with Crippen molar-refractivity contribution >= 4 is 22.9 Å². The standard InChI is InChI=1S/C13H21ClN2OS/c1-17-9-10-4-6-16(7-5-10)11(8-15)12-2-3-13(14)18-12/h2-3,10-11H,4-9,15H2,1H3. The number of nitrogens with two attached hydrogens (primary N) is 1. The lowest BCUT2D eigenvalue weighted by Gasteiger charge is -2.36. The predicted molar refractivity (Wildman–Crippen MR) is 77.3 cm³/mol. The SMILES string of the molecule is COCC1CCN(C(CN)c2ccc(Cl)s2)CC1. The topological polar surface area (TPSA) is 38.5 Å². The number of ether oxygens (including phenoxy) is 1. The van der Waals surface area contributed by atoms with Crippen LogP contribution in [0, 0.1) is 5.92 Å². The third-order valence-corrected chi connectivity index (χ3v) is 4.97. The van der Waals surface area contributed by atoms with Gasteiger partial charge in [0.1, 0.15) is 0 Å². The molecule has 3 nitrogen and oxygen atoms in total. The van der Waals surface area contributed by atoms with Crippen LogP contribution in [0.4, 0.5) is 0 Å². The lowest BCUT2D eigenvalue weighted by Crippen LogP contribution is -2.40. The molecule has 1 atom stereocenters. The first kappa shape index (κ1) is 14.3. The molecule has 0 aliphatic carbocycles.